The molecule has 6 nitrogen and oxygen atoms in total. The van der Waals surface area contributed by atoms with Crippen molar-refractivity contribution >= 4 is 34.2 Å². The zero-order valence-corrected chi connectivity index (χ0v) is 17.8. The summed E-state index contributed by atoms with van der Waals surface area (Å²) in [6, 6.07) is 10.3. The van der Waals surface area contributed by atoms with Crippen LogP contribution in [0.2, 0.25) is 0 Å². The number of hydrogen-bond acceptors (Lipinski definition) is 5. The van der Waals surface area contributed by atoms with Gasteiger partial charge >= 0.3 is 0 Å². The number of thiophene rings is 1. The molecule has 7 heteroatoms. The van der Waals surface area contributed by atoms with Crippen LogP contribution in [0, 0.1) is 13.8 Å². The van der Waals surface area contributed by atoms with Crippen molar-refractivity contribution in [2.24, 2.45) is 5.73 Å². The van der Waals surface area contributed by atoms with Crippen LogP contribution in [0.15, 0.2) is 36.4 Å². The third kappa shape index (κ3) is 5.76. The highest BCUT2D eigenvalue weighted by Gasteiger charge is 2.21. The Hall–Kier alpha value is -2.48. The summed E-state index contributed by atoms with van der Waals surface area (Å²) in [6.45, 7) is 8.55. The minimum atomic E-state index is -0.501. The lowest BCUT2D eigenvalue weighted by Gasteiger charge is -2.33. The standard InChI is InChI=1S/C22H28N4O2S/c1-16-17(2)29-22(20(16)21(23)28)24-19(27)15-26-13-11-25(12-14-26)10-6-9-18-7-4-3-5-8-18/h3-9H,10-15H2,1-2H3,(H2,23,28)(H,24,27). The Balaban J connectivity index is 1.45. The van der Waals surface area contributed by atoms with Gasteiger partial charge in [0.2, 0.25) is 5.91 Å². The molecule has 3 rings (SSSR count). The highest BCUT2D eigenvalue weighted by molar-refractivity contribution is 7.16. The molecule has 2 amide bonds. The van der Waals surface area contributed by atoms with Crippen LogP contribution in [-0.4, -0.2) is 60.9 Å². The fourth-order valence-corrected chi connectivity index (χ4v) is 4.49. The molecule has 1 aliphatic heterocycles. The summed E-state index contributed by atoms with van der Waals surface area (Å²) in [7, 11) is 0. The zero-order chi connectivity index (χ0) is 20.8. The summed E-state index contributed by atoms with van der Waals surface area (Å²) in [5, 5.41) is 3.43. The number of aryl methyl sites for hydroxylation is 1. The van der Waals surface area contributed by atoms with Crippen molar-refractivity contribution in [2.75, 3.05) is 44.6 Å². The molecule has 1 saturated heterocycles. The number of anilines is 1. The molecule has 0 spiro atoms. The Bertz CT molecular complexity index is 884. The van der Waals surface area contributed by atoms with Crippen molar-refractivity contribution in [3.8, 4) is 0 Å². The fraction of sp³-hybridized carbons (Fsp3) is 0.364. The molecular weight excluding hydrogens is 384 g/mol. The number of carbonyl (C=O) groups is 2. The second kappa shape index (κ2) is 9.82. The number of benzene rings is 1. The molecule has 2 aromatic rings. The zero-order valence-electron chi connectivity index (χ0n) is 17.0. The number of nitrogens with two attached hydrogens (primary N) is 1. The van der Waals surface area contributed by atoms with Gasteiger partial charge in [-0.1, -0.05) is 42.5 Å². The first-order valence-corrected chi connectivity index (χ1v) is 10.6. The molecule has 0 unspecified atom stereocenters. The van der Waals surface area contributed by atoms with E-state index in [0.29, 0.717) is 17.1 Å². The van der Waals surface area contributed by atoms with Crippen LogP contribution in [0.3, 0.4) is 0 Å². The predicted molar refractivity (Wildman–Crippen MR) is 119 cm³/mol. The Kier molecular flexibility index (Phi) is 7.19. The smallest absolute Gasteiger partial charge is 0.251 e. The Morgan fingerprint density at radius 2 is 1.76 bits per heavy atom. The number of hydrogen-bond donors (Lipinski definition) is 2. The van der Waals surface area contributed by atoms with Gasteiger partial charge in [-0.2, -0.15) is 0 Å². The summed E-state index contributed by atoms with van der Waals surface area (Å²) in [6.07, 6.45) is 4.33. The second-order valence-corrected chi connectivity index (χ2v) is 8.51. The molecule has 0 saturated carbocycles. The Labute approximate surface area is 176 Å². The van der Waals surface area contributed by atoms with Crippen LogP contribution in [0.4, 0.5) is 5.00 Å². The lowest BCUT2D eigenvalue weighted by molar-refractivity contribution is -0.117. The van der Waals surface area contributed by atoms with Crippen LogP contribution in [-0.2, 0) is 4.79 Å². The van der Waals surface area contributed by atoms with E-state index in [9.17, 15) is 9.59 Å². The van der Waals surface area contributed by atoms with Crippen LogP contribution >= 0.6 is 11.3 Å². The van der Waals surface area contributed by atoms with E-state index in [-0.39, 0.29) is 5.91 Å². The highest BCUT2D eigenvalue weighted by Crippen LogP contribution is 2.31. The van der Waals surface area contributed by atoms with Crippen LogP contribution < -0.4 is 11.1 Å². The number of primary amides is 1. The van der Waals surface area contributed by atoms with Crippen LogP contribution in [0.25, 0.3) is 6.08 Å². The van der Waals surface area contributed by atoms with Gasteiger partial charge in [0, 0.05) is 37.6 Å². The summed E-state index contributed by atoms with van der Waals surface area (Å²) in [5.74, 6) is -0.606. The van der Waals surface area contributed by atoms with Gasteiger partial charge in [-0.05, 0) is 25.0 Å². The maximum Gasteiger partial charge on any atom is 0.251 e. The molecule has 0 aliphatic carbocycles. The van der Waals surface area contributed by atoms with Gasteiger partial charge in [0.25, 0.3) is 5.91 Å². The molecule has 2 heterocycles. The van der Waals surface area contributed by atoms with Crippen LogP contribution in [0.5, 0.6) is 0 Å². The normalized spacial score (nSPS) is 15.7. The molecule has 0 radical (unpaired) electrons. The summed E-state index contributed by atoms with van der Waals surface area (Å²) >= 11 is 1.40. The van der Waals surface area contributed by atoms with Gasteiger partial charge in [0.1, 0.15) is 5.00 Å². The van der Waals surface area contributed by atoms with Gasteiger partial charge in [-0.15, -0.1) is 11.3 Å². The fourth-order valence-electron chi connectivity index (χ4n) is 3.41. The monoisotopic (exact) mass is 412 g/mol. The molecule has 0 bridgehead atoms. The van der Waals surface area contributed by atoms with Gasteiger partial charge in [-0.3, -0.25) is 19.4 Å². The Morgan fingerprint density at radius 3 is 2.41 bits per heavy atom. The number of rotatable bonds is 7. The lowest BCUT2D eigenvalue weighted by Crippen LogP contribution is -2.48. The average Bonchev–Trinajstić information content (AvgIpc) is 2.97. The van der Waals surface area contributed by atoms with E-state index in [1.54, 1.807) is 0 Å². The third-order valence-corrected chi connectivity index (χ3v) is 6.31. The molecule has 1 aliphatic rings. The van der Waals surface area contributed by atoms with E-state index in [1.807, 2.05) is 32.0 Å². The number of nitrogens with zero attached hydrogens (tertiary/aromatic N) is 2. The minimum Gasteiger partial charge on any atom is -0.365 e. The number of piperazine rings is 1. The molecule has 1 fully saturated rings. The van der Waals surface area contributed by atoms with Crippen molar-refractivity contribution in [3.05, 3.63) is 58.0 Å². The Morgan fingerprint density at radius 1 is 1.10 bits per heavy atom. The highest BCUT2D eigenvalue weighted by atomic mass is 32.1. The first-order valence-electron chi connectivity index (χ1n) is 9.80. The van der Waals surface area contributed by atoms with Crippen LogP contribution in [0.1, 0.15) is 26.4 Å². The van der Waals surface area contributed by atoms with Gasteiger partial charge in [-0.25, -0.2) is 0 Å². The number of amides is 2. The minimum absolute atomic E-state index is 0.105. The van der Waals surface area contributed by atoms with Gasteiger partial charge in [0.05, 0.1) is 12.1 Å². The molecule has 0 atom stereocenters. The first kappa shape index (κ1) is 21.2. The predicted octanol–water partition coefficient (Wildman–Crippen LogP) is 2.73. The van der Waals surface area contributed by atoms with E-state index in [1.165, 1.54) is 16.9 Å². The summed E-state index contributed by atoms with van der Waals surface area (Å²) < 4.78 is 0. The third-order valence-electron chi connectivity index (χ3n) is 5.19. The van der Waals surface area contributed by atoms with E-state index in [2.05, 4.69) is 39.4 Å². The second-order valence-electron chi connectivity index (χ2n) is 7.29. The van der Waals surface area contributed by atoms with Crippen molar-refractivity contribution in [2.45, 2.75) is 13.8 Å². The van der Waals surface area contributed by atoms with Crippen molar-refractivity contribution in [1.29, 1.82) is 0 Å². The number of carbonyl (C=O) groups excluding carboxylic acids is 2. The summed E-state index contributed by atoms with van der Waals surface area (Å²) in [5.41, 5.74) is 7.95. The van der Waals surface area contributed by atoms with Crippen molar-refractivity contribution in [1.82, 2.24) is 9.80 Å². The van der Waals surface area contributed by atoms with E-state index >= 15 is 0 Å². The molecule has 154 valence electrons. The molecule has 1 aromatic carbocycles. The average molecular weight is 413 g/mol. The number of nitrogens with one attached hydrogen (secondary N) is 1. The van der Waals surface area contributed by atoms with Gasteiger partial charge < -0.3 is 11.1 Å². The van der Waals surface area contributed by atoms with Crippen molar-refractivity contribution < 1.29 is 9.59 Å². The van der Waals surface area contributed by atoms with E-state index in [0.717, 1.165) is 43.2 Å². The van der Waals surface area contributed by atoms with E-state index in [4.69, 9.17) is 5.73 Å². The van der Waals surface area contributed by atoms with E-state index < -0.39 is 5.91 Å². The molecule has 29 heavy (non-hydrogen) atoms. The molecular formula is C22H28N4O2S. The first-order chi connectivity index (χ1) is 13.9. The van der Waals surface area contributed by atoms with Crippen molar-refractivity contribution in [3.63, 3.8) is 0 Å². The molecule has 3 N–H and O–H groups in total. The SMILES string of the molecule is Cc1sc(NC(=O)CN2CCN(CC=Cc3ccccc3)CC2)c(C(N)=O)c1C. The topological polar surface area (TPSA) is 78.7 Å². The van der Waals surface area contributed by atoms with Gasteiger partial charge in [0.15, 0.2) is 0 Å². The molecule has 1 aromatic heterocycles. The lowest BCUT2D eigenvalue weighted by atomic mass is 10.1. The summed E-state index contributed by atoms with van der Waals surface area (Å²) in [4.78, 5) is 29.7. The largest absolute Gasteiger partial charge is 0.365 e. The maximum atomic E-state index is 12.5. The quantitative estimate of drug-likeness (QED) is 0.733. The maximum absolute atomic E-state index is 12.5.